The number of nitrogens with zero attached hydrogens (tertiary/aromatic N) is 1. The zero-order valence-electron chi connectivity index (χ0n) is 13.7. The molecule has 0 unspecified atom stereocenters. The molecule has 0 amide bonds. The van der Waals surface area contributed by atoms with E-state index in [1.54, 1.807) is 19.2 Å². The van der Waals surface area contributed by atoms with E-state index in [9.17, 15) is 0 Å². The normalized spacial score (nSPS) is 11.5. The Bertz CT molecular complexity index is 553. The molecule has 0 aliphatic heterocycles. The lowest BCUT2D eigenvalue weighted by molar-refractivity contribution is 0.210. The van der Waals surface area contributed by atoms with E-state index in [1.807, 2.05) is 19.2 Å². The van der Waals surface area contributed by atoms with Crippen molar-refractivity contribution in [2.45, 2.75) is 19.9 Å². The molecular weight excluding hydrogens is 428 g/mol. The van der Waals surface area contributed by atoms with Crippen LogP contribution in [-0.2, 0) is 11.3 Å². The summed E-state index contributed by atoms with van der Waals surface area (Å²) in [5, 5.41) is 4.83. The average molecular weight is 452 g/mol. The first-order valence-electron chi connectivity index (χ1n) is 7.19. The smallest absolute Gasteiger partial charge is 0.144 e. The molecule has 0 saturated heterocycles. The molecule has 6 nitrogen and oxygen atoms in total. The Kier molecular flexibility index (Phi) is 8.75. The average Bonchev–Trinajstić information content (AvgIpc) is 2.53. The number of hydrogen-bond donors (Lipinski definition) is 3. The molecule has 0 bridgehead atoms. The van der Waals surface area contributed by atoms with E-state index in [0.29, 0.717) is 31.1 Å². The van der Waals surface area contributed by atoms with E-state index in [2.05, 4.69) is 37.2 Å². The minimum absolute atomic E-state index is 0.495. The van der Waals surface area contributed by atoms with Gasteiger partial charge in [-0.2, -0.15) is 0 Å². The standard InChI is InChI=1S/C15H24Br2N4O2/c1-4-11(16)9-21(19)8-10-7-12(23-3)15(14(18)13(10)17)20-5-6-22-2/h7,9,20H,4-6,8,18-19H2,1-3H3/b11-9+. The Labute approximate surface area is 154 Å². The Balaban J connectivity index is 3.04. The fourth-order valence-electron chi connectivity index (χ4n) is 1.96. The van der Waals surface area contributed by atoms with Crippen molar-refractivity contribution in [2.75, 3.05) is 38.4 Å². The number of allylic oxidation sites excluding steroid dienone is 1. The molecule has 0 aliphatic carbocycles. The van der Waals surface area contributed by atoms with E-state index >= 15 is 0 Å². The number of hydrazine groups is 1. The number of methoxy groups -OCH3 is 2. The molecule has 5 N–H and O–H groups in total. The minimum atomic E-state index is 0.495. The van der Waals surface area contributed by atoms with Crippen molar-refractivity contribution in [2.24, 2.45) is 5.84 Å². The van der Waals surface area contributed by atoms with Crippen molar-refractivity contribution >= 4 is 43.2 Å². The maximum Gasteiger partial charge on any atom is 0.144 e. The Morgan fingerprint density at radius 2 is 2.13 bits per heavy atom. The highest BCUT2D eigenvalue weighted by Crippen LogP contribution is 2.39. The molecule has 0 aromatic heterocycles. The summed E-state index contributed by atoms with van der Waals surface area (Å²) in [4.78, 5) is 0. The molecule has 0 heterocycles. The Hall–Kier alpha value is -0.960. The quantitative estimate of drug-likeness (QED) is 0.231. The number of benzene rings is 1. The molecule has 0 saturated carbocycles. The van der Waals surface area contributed by atoms with Crippen LogP contribution in [0.3, 0.4) is 0 Å². The van der Waals surface area contributed by atoms with Crippen LogP contribution in [-0.4, -0.2) is 32.4 Å². The molecule has 23 heavy (non-hydrogen) atoms. The van der Waals surface area contributed by atoms with Gasteiger partial charge in [0.15, 0.2) is 0 Å². The SMILES string of the molecule is CC/C(Br)=C\N(N)Cc1cc(OC)c(NCCOC)c(N)c1Br. The number of rotatable bonds is 9. The second-order valence-corrected chi connectivity index (χ2v) is 6.67. The second-order valence-electron chi connectivity index (χ2n) is 4.86. The van der Waals surface area contributed by atoms with Gasteiger partial charge in [-0.15, -0.1) is 0 Å². The van der Waals surface area contributed by atoms with Crippen LogP contribution in [0.15, 0.2) is 21.2 Å². The van der Waals surface area contributed by atoms with Crippen LogP contribution >= 0.6 is 31.9 Å². The summed E-state index contributed by atoms with van der Waals surface area (Å²) in [5.41, 5.74) is 8.50. The van der Waals surface area contributed by atoms with Gasteiger partial charge < -0.3 is 25.5 Å². The molecule has 8 heteroatoms. The summed E-state index contributed by atoms with van der Waals surface area (Å²) >= 11 is 7.00. The van der Waals surface area contributed by atoms with Gasteiger partial charge in [-0.3, -0.25) is 0 Å². The number of nitrogens with two attached hydrogens (primary N) is 2. The lowest BCUT2D eigenvalue weighted by Crippen LogP contribution is -2.25. The van der Waals surface area contributed by atoms with Crippen molar-refractivity contribution in [3.63, 3.8) is 0 Å². The van der Waals surface area contributed by atoms with E-state index in [0.717, 1.165) is 26.6 Å². The summed E-state index contributed by atoms with van der Waals surface area (Å²) in [5.74, 6) is 6.69. The van der Waals surface area contributed by atoms with Gasteiger partial charge in [0, 0.05) is 28.8 Å². The first-order valence-corrected chi connectivity index (χ1v) is 8.78. The van der Waals surface area contributed by atoms with Crippen molar-refractivity contribution in [1.29, 1.82) is 0 Å². The monoisotopic (exact) mass is 450 g/mol. The molecule has 0 radical (unpaired) electrons. The molecule has 1 aromatic carbocycles. The van der Waals surface area contributed by atoms with Gasteiger partial charge in [-0.25, -0.2) is 5.84 Å². The van der Waals surface area contributed by atoms with Crippen molar-refractivity contribution in [1.82, 2.24) is 5.01 Å². The first kappa shape index (κ1) is 20.1. The zero-order chi connectivity index (χ0) is 17.4. The number of hydrogen-bond acceptors (Lipinski definition) is 6. The summed E-state index contributed by atoms with van der Waals surface area (Å²) in [6.45, 7) is 3.76. The summed E-state index contributed by atoms with van der Waals surface area (Å²) in [6.07, 6.45) is 2.72. The molecule has 1 rings (SSSR count). The fraction of sp³-hybridized carbons (Fsp3) is 0.467. The lowest BCUT2D eigenvalue weighted by atomic mass is 10.1. The number of ether oxygens (including phenoxy) is 2. The van der Waals surface area contributed by atoms with E-state index in [1.165, 1.54) is 0 Å². The molecule has 0 atom stereocenters. The molecule has 0 spiro atoms. The number of nitrogens with one attached hydrogen (secondary N) is 1. The highest BCUT2D eigenvalue weighted by atomic mass is 79.9. The molecule has 0 aliphatic rings. The maximum atomic E-state index is 6.23. The highest BCUT2D eigenvalue weighted by Gasteiger charge is 2.16. The van der Waals surface area contributed by atoms with Gasteiger partial charge in [0.2, 0.25) is 0 Å². The summed E-state index contributed by atoms with van der Waals surface area (Å²) in [6, 6.07) is 1.92. The van der Waals surface area contributed by atoms with Crippen LogP contribution < -0.4 is 21.6 Å². The molecule has 130 valence electrons. The maximum absolute atomic E-state index is 6.23. The largest absolute Gasteiger partial charge is 0.494 e. The number of halogens is 2. The summed E-state index contributed by atoms with van der Waals surface area (Å²) < 4.78 is 12.3. The van der Waals surface area contributed by atoms with Gasteiger partial charge in [0.05, 0.1) is 25.9 Å². The van der Waals surface area contributed by atoms with E-state index in [4.69, 9.17) is 21.1 Å². The zero-order valence-corrected chi connectivity index (χ0v) is 16.8. The number of nitrogen functional groups attached to an aromatic ring is 1. The van der Waals surface area contributed by atoms with Crippen LogP contribution in [0, 0.1) is 0 Å². The number of anilines is 2. The van der Waals surface area contributed by atoms with Crippen LogP contribution in [0.25, 0.3) is 0 Å². The van der Waals surface area contributed by atoms with Crippen molar-refractivity contribution in [3.05, 3.63) is 26.8 Å². The minimum Gasteiger partial charge on any atom is -0.494 e. The van der Waals surface area contributed by atoms with Gasteiger partial charge in [-0.1, -0.05) is 22.9 Å². The van der Waals surface area contributed by atoms with Gasteiger partial charge in [0.25, 0.3) is 0 Å². The molecule has 1 aromatic rings. The van der Waals surface area contributed by atoms with Crippen LogP contribution in [0.2, 0.25) is 0 Å². The van der Waals surface area contributed by atoms with Crippen LogP contribution in [0.1, 0.15) is 18.9 Å². The van der Waals surface area contributed by atoms with Gasteiger partial charge >= 0.3 is 0 Å². The highest BCUT2D eigenvalue weighted by molar-refractivity contribution is 9.11. The topological polar surface area (TPSA) is 85.8 Å². The Morgan fingerprint density at radius 1 is 1.43 bits per heavy atom. The predicted octanol–water partition coefficient (Wildman–Crippen LogP) is 3.42. The second kappa shape index (κ2) is 10.0. The Morgan fingerprint density at radius 3 is 2.70 bits per heavy atom. The van der Waals surface area contributed by atoms with Crippen LogP contribution in [0.4, 0.5) is 11.4 Å². The van der Waals surface area contributed by atoms with E-state index < -0.39 is 0 Å². The third-order valence-electron chi connectivity index (χ3n) is 3.16. The lowest BCUT2D eigenvalue weighted by Gasteiger charge is -2.20. The van der Waals surface area contributed by atoms with Crippen LogP contribution in [0.5, 0.6) is 5.75 Å². The first-order chi connectivity index (χ1) is 10.9. The van der Waals surface area contributed by atoms with Gasteiger partial charge in [-0.05, 0) is 34.0 Å². The fourth-order valence-corrected chi connectivity index (χ4v) is 2.66. The molecular formula is C15H24Br2N4O2. The van der Waals surface area contributed by atoms with Crippen molar-refractivity contribution < 1.29 is 9.47 Å². The molecule has 0 fully saturated rings. The van der Waals surface area contributed by atoms with E-state index in [-0.39, 0.29) is 0 Å². The predicted molar refractivity (Wildman–Crippen MR) is 103 cm³/mol. The third-order valence-corrected chi connectivity index (χ3v) is 4.87. The van der Waals surface area contributed by atoms with Gasteiger partial charge in [0.1, 0.15) is 11.4 Å². The third kappa shape index (κ3) is 5.87. The summed E-state index contributed by atoms with van der Waals surface area (Å²) in [7, 11) is 3.26. The van der Waals surface area contributed by atoms with Crippen molar-refractivity contribution in [3.8, 4) is 5.75 Å².